The Bertz CT molecular complexity index is 741. The van der Waals surface area contributed by atoms with Crippen LogP contribution < -0.4 is 5.32 Å². The molecule has 3 nitrogen and oxygen atoms in total. The molecule has 0 bridgehead atoms. The molecule has 1 heterocycles. The molecule has 0 spiro atoms. The number of aromatic nitrogens is 1. The molecule has 0 saturated heterocycles. The van der Waals surface area contributed by atoms with Gasteiger partial charge in [0.2, 0.25) is 0 Å². The van der Waals surface area contributed by atoms with E-state index in [0.717, 1.165) is 23.0 Å². The highest BCUT2D eigenvalue weighted by Gasteiger charge is 2.07. The van der Waals surface area contributed by atoms with Gasteiger partial charge in [-0.15, -0.1) is 0 Å². The minimum atomic E-state index is -0.0858. The standard InChI is InChI=1S/C17H16N2O/c1-2-12-3-6-15(7-4-12)19-17(20)14-5-8-16-13(11-14)9-10-18-16/h3-11,18H,2H2,1H3,(H,19,20). The van der Waals surface area contributed by atoms with Crippen molar-refractivity contribution in [3.8, 4) is 0 Å². The minimum absolute atomic E-state index is 0.0858. The second-order valence-electron chi connectivity index (χ2n) is 4.78. The van der Waals surface area contributed by atoms with Crippen LogP contribution >= 0.6 is 0 Å². The average molecular weight is 264 g/mol. The van der Waals surface area contributed by atoms with Crippen LogP contribution in [0, 0.1) is 0 Å². The normalized spacial score (nSPS) is 10.7. The van der Waals surface area contributed by atoms with Gasteiger partial charge in [-0.3, -0.25) is 4.79 Å². The van der Waals surface area contributed by atoms with Crippen molar-refractivity contribution in [1.29, 1.82) is 0 Å². The first-order chi connectivity index (χ1) is 9.76. The average Bonchev–Trinajstić information content (AvgIpc) is 2.95. The highest BCUT2D eigenvalue weighted by atomic mass is 16.1. The van der Waals surface area contributed by atoms with Gasteiger partial charge in [0.1, 0.15) is 0 Å². The Hall–Kier alpha value is -2.55. The fourth-order valence-corrected chi connectivity index (χ4v) is 2.22. The summed E-state index contributed by atoms with van der Waals surface area (Å²) in [4.78, 5) is 15.3. The number of rotatable bonds is 3. The summed E-state index contributed by atoms with van der Waals surface area (Å²) in [6, 6.07) is 15.5. The van der Waals surface area contributed by atoms with Crippen molar-refractivity contribution < 1.29 is 4.79 Å². The number of aromatic amines is 1. The van der Waals surface area contributed by atoms with E-state index in [0.29, 0.717) is 5.56 Å². The molecule has 3 heteroatoms. The summed E-state index contributed by atoms with van der Waals surface area (Å²) < 4.78 is 0. The summed E-state index contributed by atoms with van der Waals surface area (Å²) in [5.41, 5.74) is 3.78. The van der Waals surface area contributed by atoms with Crippen LogP contribution in [-0.4, -0.2) is 10.9 Å². The molecule has 1 aromatic heterocycles. The molecule has 0 aliphatic heterocycles. The van der Waals surface area contributed by atoms with Crippen LogP contribution in [0.2, 0.25) is 0 Å². The molecule has 100 valence electrons. The van der Waals surface area contributed by atoms with Crippen LogP contribution in [0.3, 0.4) is 0 Å². The lowest BCUT2D eigenvalue weighted by Crippen LogP contribution is -2.11. The highest BCUT2D eigenvalue weighted by molar-refractivity contribution is 6.06. The molecule has 3 rings (SSSR count). The summed E-state index contributed by atoms with van der Waals surface area (Å²) in [6.07, 6.45) is 2.87. The zero-order chi connectivity index (χ0) is 13.9. The largest absolute Gasteiger partial charge is 0.361 e. The summed E-state index contributed by atoms with van der Waals surface area (Å²) in [7, 11) is 0. The first-order valence-electron chi connectivity index (χ1n) is 6.73. The van der Waals surface area contributed by atoms with Crippen LogP contribution in [0.4, 0.5) is 5.69 Å². The molecule has 2 aromatic carbocycles. The maximum Gasteiger partial charge on any atom is 0.255 e. The van der Waals surface area contributed by atoms with Gasteiger partial charge in [-0.05, 0) is 48.4 Å². The fourth-order valence-electron chi connectivity index (χ4n) is 2.22. The molecule has 0 fully saturated rings. The number of amides is 1. The summed E-state index contributed by atoms with van der Waals surface area (Å²) >= 11 is 0. The van der Waals surface area contributed by atoms with E-state index >= 15 is 0 Å². The van der Waals surface area contributed by atoms with Crippen LogP contribution in [0.25, 0.3) is 10.9 Å². The molecule has 0 aliphatic rings. The molecular formula is C17H16N2O. The molecule has 1 amide bonds. The van der Waals surface area contributed by atoms with Crippen LogP contribution in [0.5, 0.6) is 0 Å². The third-order valence-electron chi connectivity index (χ3n) is 3.44. The second kappa shape index (κ2) is 5.21. The number of benzene rings is 2. The molecular weight excluding hydrogens is 248 g/mol. The third-order valence-corrected chi connectivity index (χ3v) is 3.44. The van der Waals surface area contributed by atoms with Crippen LogP contribution in [0.15, 0.2) is 54.7 Å². The zero-order valence-electron chi connectivity index (χ0n) is 11.3. The van der Waals surface area contributed by atoms with E-state index in [2.05, 4.69) is 17.2 Å². The van der Waals surface area contributed by atoms with Crippen molar-refractivity contribution >= 4 is 22.5 Å². The fraction of sp³-hybridized carbons (Fsp3) is 0.118. The minimum Gasteiger partial charge on any atom is -0.361 e. The van der Waals surface area contributed by atoms with Gasteiger partial charge in [0.25, 0.3) is 5.91 Å². The highest BCUT2D eigenvalue weighted by Crippen LogP contribution is 2.16. The molecule has 2 N–H and O–H groups in total. The number of anilines is 1. The van der Waals surface area contributed by atoms with Gasteiger partial charge < -0.3 is 10.3 Å². The summed E-state index contributed by atoms with van der Waals surface area (Å²) in [6.45, 7) is 2.11. The quantitative estimate of drug-likeness (QED) is 0.738. The van der Waals surface area contributed by atoms with E-state index in [1.165, 1.54) is 5.56 Å². The Kier molecular flexibility index (Phi) is 3.25. The molecule has 20 heavy (non-hydrogen) atoms. The Labute approximate surface area is 117 Å². The van der Waals surface area contributed by atoms with E-state index < -0.39 is 0 Å². The lowest BCUT2D eigenvalue weighted by Gasteiger charge is -2.06. The molecule has 3 aromatic rings. The van der Waals surface area contributed by atoms with Gasteiger partial charge in [-0.2, -0.15) is 0 Å². The van der Waals surface area contributed by atoms with E-state index in [4.69, 9.17) is 0 Å². The van der Waals surface area contributed by atoms with E-state index in [1.807, 2.05) is 54.7 Å². The Morgan fingerprint density at radius 3 is 2.65 bits per heavy atom. The predicted molar refractivity (Wildman–Crippen MR) is 82.1 cm³/mol. The van der Waals surface area contributed by atoms with Crippen LogP contribution in [-0.2, 0) is 6.42 Å². The van der Waals surface area contributed by atoms with Crippen molar-refractivity contribution in [2.75, 3.05) is 5.32 Å². The number of fused-ring (bicyclic) bond motifs is 1. The number of hydrogen-bond donors (Lipinski definition) is 2. The Balaban J connectivity index is 1.80. The van der Waals surface area contributed by atoms with Crippen molar-refractivity contribution in [2.24, 2.45) is 0 Å². The number of nitrogens with one attached hydrogen (secondary N) is 2. The SMILES string of the molecule is CCc1ccc(NC(=O)c2ccc3[nH]ccc3c2)cc1. The first kappa shape index (κ1) is 12.5. The molecule has 0 atom stereocenters. The number of H-pyrrole nitrogens is 1. The lowest BCUT2D eigenvalue weighted by molar-refractivity contribution is 0.102. The van der Waals surface area contributed by atoms with Crippen molar-refractivity contribution in [2.45, 2.75) is 13.3 Å². The van der Waals surface area contributed by atoms with Gasteiger partial charge >= 0.3 is 0 Å². The van der Waals surface area contributed by atoms with Crippen molar-refractivity contribution in [3.63, 3.8) is 0 Å². The number of carbonyl (C=O) groups is 1. The Morgan fingerprint density at radius 1 is 1.10 bits per heavy atom. The number of hydrogen-bond acceptors (Lipinski definition) is 1. The van der Waals surface area contributed by atoms with E-state index in [-0.39, 0.29) is 5.91 Å². The van der Waals surface area contributed by atoms with Gasteiger partial charge in [0, 0.05) is 28.4 Å². The maximum absolute atomic E-state index is 12.2. The Morgan fingerprint density at radius 2 is 1.90 bits per heavy atom. The molecule has 0 aliphatic carbocycles. The topological polar surface area (TPSA) is 44.9 Å². The predicted octanol–water partition coefficient (Wildman–Crippen LogP) is 3.98. The monoisotopic (exact) mass is 264 g/mol. The molecule has 0 saturated carbocycles. The lowest BCUT2D eigenvalue weighted by atomic mass is 10.1. The zero-order valence-corrected chi connectivity index (χ0v) is 11.3. The summed E-state index contributed by atoms with van der Waals surface area (Å²) in [5.74, 6) is -0.0858. The molecule has 0 radical (unpaired) electrons. The summed E-state index contributed by atoms with van der Waals surface area (Å²) in [5, 5.41) is 3.96. The van der Waals surface area contributed by atoms with Crippen molar-refractivity contribution in [1.82, 2.24) is 4.98 Å². The van der Waals surface area contributed by atoms with Gasteiger partial charge in [-0.25, -0.2) is 0 Å². The van der Waals surface area contributed by atoms with Crippen LogP contribution in [0.1, 0.15) is 22.8 Å². The second-order valence-corrected chi connectivity index (χ2v) is 4.78. The van der Waals surface area contributed by atoms with Crippen molar-refractivity contribution in [3.05, 3.63) is 65.9 Å². The van der Waals surface area contributed by atoms with Gasteiger partial charge in [-0.1, -0.05) is 19.1 Å². The van der Waals surface area contributed by atoms with E-state index in [1.54, 1.807) is 0 Å². The third kappa shape index (κ3) is 2.43. The smallest absolute Gasteiger partial charge is 0.255 e. The molecule has 0 unspecified atom stereocenters. The first-order valence-corrected chi connectivity index (χ1v) is 6.73. The van der Waals surface area contributed by atoms with Gasteiger partial charge in [0.05, 0.1) is 0 Å². The number of aryl methyl sites for hydroxylation is 1. The maximum atomic E-state index is 12.2. The number of carbonyl (C=O) groups excluding carboxylic acids is 1. The van der Waals surface area contributed by atoms with E-state index in [9.17, 15) is 4.79 Å². The van der Waals surface area contributed by atoms with Gasteiger partial charge in [0.15, 0.2) is 0 Å².